The molecule has 0 spiro atoms. The first-order chi connectivity index (χ1) is 7.39. The highest BCUT2D eigenvalue weighted by Crippen LogP contribution is 1.84. The molecule has 0 radical (unpaired) electrons. The second-order valence-electron chi connectivity index (χ2n) is 2.76. The third-order valence-corrected chi connectivity index (χ3v) is 1.61. The van der Waals surface area contributed by atoms with Crippen molar-refractivity contribution in [2.24, 2.45) is 0 Å². The molecule has 2 heterocycles. The van der Waals surface area contributed by atoms with E-state index in [1.54, 1.807) is 18.5 Å². The van der Waals surface area contributed by atoms with Gasteiger partial charge in [-0.05, 0) is 26.0 Å². The fraction of sp³-hybridized carbons (Fsp3) is 0.500. The standard InChI is InChI=1S/C5H6N2.C5H9N.C2H6/c1-5-6-3-2-4-7-5;1-2-4-6-5-3-1;1-2/h2-4H,1H3;1-2,6H,3-5H2;1-2H3. The van der Waals surface area contributed by atoms with E-state index in [-0.39, 0.29) is 0 Å². The molecule has 0 bridgehead atoms. The molecule has 1 aliphatic heterocycles. The summed E-state index contributed by atoms with van der Waals surface area (Å²) in [6.45, 7) is 8.09. The van der Waals surface area contributed by atoms with Crippen molar-refractivity contribution in [1.82, 2.24) is 15.3 Å². The highest BCUT2D eigenvalue weighted by atomic mass is 14.8. The lowest BCUT2D eigenvalue weighted by Gasteiger charge is -2.01. The molecule has 0 aliphatic carbocycles. The molecule has 1 N–H and O–H groups in total. The summed E-state index contributed by atoms with van der Waals surface area (Å²) >= 11 is 0. The lowest BCUT2D eigenvalue weighted by molar-refractivity contribution is 0.728. The Labute approximate surface area is 92.7 Å². The summed E-state index contributed by atoms with van der Waals surface area (Å²) in [5.74, 6) is 0.822. The van der Waals surface area contributed by atoms with Crippen molar-refractivity contribution in [2.45, 2.75) is 27.2 Å². The van der Waals surface area contributed by atoms with Gasteiger partial charge in [-0.15, -0.1) is 0 Å². The molecule has 1 aromatic heterocycles. The van der Waals surface area contributed by atoms with Gasteiger partial charge in [-0.25, -0.2) is 9.97 Å². The third kappa shape index (κ3) is 9.09. The van der Waals surface area contributed by atoms with E-state index >= 15 is 0 Å². The Kier molecular flexibility index (Phi) is 9.98. The van der Waals surface area contributed by atoms with Crippen LogP contribution >= 0.6 is 0 Å². The Morgan fingerprint density at radius 2 is 1.80 bits per heavy atom. The van der Waals surface area contributed by atoms with E-state index in [0.29, 0.717) is 0 Å². The number of rotatable bonds is 0. The van der Waals surface area contributed by atoms with Gasteiger partial charge in [0.15, 0.2) is 0 Å². The SMILES string of the molecule is C1=CCNCC1.CC.Cc1ncccn1. The average Bonchev–Trinajstić information content (AvgIpc) is 2.36. The van der Waals surface area contributed by atoms with Crippen LogP contribution in [0.25, 0.3) is 0 Å². The van der Waals surface area contributed by atoms with Crippen LogP contribution in [0.2, 0.25) is 0 Å². The zero-order valence-electron chi connectivity index (χ0n) is 9.90. The monoisotopic (exact) mass is 207 g/mol. The quantitative estimate of drug-likeness (QED) is 0.664. The van der Waals surface area contributed by atoms with Crippen LogP contribution in [0.1, 0.15) is 26.1 Å². The zero-order valence-corrected chi connectivity index (χ0v) is 9.90. The van der Waals surface area contributed by atoms with E-state index < -0.39 is 0 Å². The first-order valence-electron chi connectivity index (χ1n) is 5.49. The van der Waals surface area contributed by atoms with Gasteiger partial charge in [0.25, 0.3) is 0 Å². The molecule has 0 saturated heterocycles. The Bertz CT molecular complexity index is 236. The molecule has 2 rings (SSSR count). The first kappa shape index (κ1) is 13.8. The van der Waals surface area contributed by atoms with Crippen LogP contribution in [0.15, 0.2) is 30.6 Å². The number of aryl methyl sites for hydroxylation is 1. The van der Waals surface area contributed by atoms with Crippen molar-refractivity contribution in [3.8, 4) is 0 Å². The van der Waals surface area contributed by atoms with E-state index in [4.69, 9.17) is 0 Å². The van der Waals surface area contributed by atoms with Crippen LogP contribution in [0.5, 0.6) is 0 Å². The number of aromatic nitrogens is 2. The minimum atomic E-state index is 0.822. The summed E-state index contributed by atoms with van der Waals surface area (Å²) in [5, 5.41) is 3.20. The van der Waals surface area contributed by atoms with E-state index in [9.17, 15) is 0 Å². The maximum Gasteiger partial charge on any atom is 0.125 e. The van der Waals surface area contributed by atoms with Crippen molar-refractivity contribution >= 4 is 0 Å². The highest BCUT2D eigenvalue weighted by molar-refractivity contribution is 4.88. The molecule has 1 aromatic rings. The molecule has 0 aromatic carbocycles. The minimum Gasteiger partial charge on any atom is -0.313 e. The average molecular weight is 207 g/mol. The number of nitrogens with one attached hydrogen (secondary N) is 1. The van der Waals surface area contributed by atoms with Gasteiger partial charge in [-0.3, -0.25) is 0 Å². The predicted octanol–water partition coefficient (Wildman–Crippen LogP) is 2.35. The number of nitrogens with zero attached hydrogens (tertiary/aromatic N) is 2. The van der Waals surface area contributed by atoms with Crippen molar-refractivity contribution in [3.05, 3.63) is 36.4 Å². The van der Waals surface area contributed by atoms with Gasteiger partial charge >= 0.3 is 0 Å². The Balaban J connectivity index is 0.000000227. The van der Waals surface area contributed by atoms with Gasteiger partial charge in [0, 0.05) is 18.9 Å². The number of hydrogen-bond donors (Lipinski definition) is 1. The molecule has 84 valence electrons. The van der Waals surface area contributed by atoms with Gasteiger partial charge in [-0.1, -0.05) is 26.0 Å². The Hall–Kier alpha value is -1.22. The van der Waals surface area contributed by atoms with Crippen LogP contribution in [0.3, 0.4) is 0 Å². The molecular formula is C12H21N3. The smallest absolute Gasteiger partial charge is 0.125 e. The molecule has 15 heavy (non-hydrogen) atoms. The van der Waals surface area contributed by atoms with Gasteiger partial charge in [-0.2, -0.15) is 0 Å². The molecule has 3 heteroatoms. The summed E-state index contributed by atoms with van der Waals surface area (Å²) in [6, 6.07) is 1.80. The van der Waals surface area contributed by atoms with Crippen molar-refractivity contribution in [1.29, 1.82) is 0 Å². The Morgan fingerprint density at radius 1 is 1.13 bits per heavy atom. The third-order valence-electron chi connectivity index (χ3n) is 1.61. The summed E-state index contributed by atoms with van der Waals surface area (Å²) in [7, 11) is 0. The second kappa shape index (κ2) is 10.9. The topological polar surface area (TPSA) is 37.8 Å². The van der Waals surface area contributed by atoms with Gasteiger partial charge < -0.3 is 5.32 Å². The van der Waals surface area contributed by atoms with Crippen LogP contribution < -0.4 is 5.32 Å². The first-order valence-corrected chi connectivity index (χ1v) is 5.49. The van der Waals surface area contributed by atoms with E-state index in [1.165, 1.54) is 6.42 Å². The van der Waals surface area contributed by atoms with Crippen LogP contribution in [-0.2, 0) is 0 Å². The molecule has 0 fully saturated rings. The summed E-state index contributed by atoms with van der Waals surface area (Å²) in [6.07, 6.45) is 9.02. The van der Waals surface area contributed by atoms with E-state index in [0.717, 1.165) is 18.9 Å². The van der Waals surface area contributed by atoms with Gasteiger partial charge in [0.2, 0.25) is 0 Å². The highest BCUT2D eigenvalue weighted by Gasteiger charge is 1.84. The van der Waals surface area contributed by atoms with Crippen LogP contribution in [0.4, 0.5) is 0 Å². The fourth-order valence-electron chi connectivity index (χ4n) is 0.946. The predicted molar refractivity (Wildman–Crippen MR) is 64.7 cm³/mol. The largest absolute Gasteiger partial charge is 0.313 e. The molecule has 0 saturated carbocycles. The molecule has 0 amide bonds. The molecule has 1 aliphatic rings. The lowest BCUT2D eigenvalue weighted by Crippen LogP contribution is -2.17. The molecule has 3 nitrogen and oxygen atoms in total. The molecular weight excluding hydrogens is 186 g/mol. The van der Waals surface area contributed by atoms with E-state index in [2.05, 4.69) is 27.4 Å². The minimum absolute atomic E-state index is 0.822. The number of hydrogen-bond acceptors (Lipinski definition) is 3. The van der Waals surface area contributed by atoms with E-state index in [1.807, 2.05) is 20.8 Å². The van der Waals surface area contributed by atoms with Gasteiger partial charge in [0.1, 0.15) is 5.82 Å². The van der Waals surface area contributed by atoms with Gasteiger partial charge in [0.05, 0.1) is 0 Å². The van der Waals surface area contributed by atoms with Crippen molar-refractivity contribution < 1.29 is 0 Å². The summed E-state index contributed by atoms with van der Waals surface area (Å²) in [5.41, 5.74) is 0. The van der Waals surface area contributed by atoms with Crippen molar-refractivity contribution in [2.75, 3.05) is 13.1 Å². The van der Waals surface area contributed by atoms with Crippen molar-refractivity contribution in [3.63, 3.8) is 0 Å². The zero-order chi connectivity index (χ0) is 11.4. The second-order valence-corrected chi connectivity index (χ2v) is 2.76. The normalized spacial score (nSPS) is 13.0. The summed E-state index contributed by atoms with van der Waals surface area (Å²) in [4.78, 5) is 7.74. The Morgan fingerprint density at radius 3 is 2.00 bits per heavy atom. The molecule has 0 atom stereocenters. The molecule has 0 unspecified atom stereocenters. The lowest BCUT2D eigenvalue weighted by atomic mass is 10.3. The maximum atomic E-state index is 3.87. The fourth-order valence-corrected chi connectivity index (χ4v) is 0.946. The van der Waals surface area contributed by atoms with Crippen LogP contribution in [-0.4, -0.2) is 23.1 Å². The van der Waals surface area contributed by atoms with Crippen LogP contribution in [0, 0.1) is 6.92 Å². The maximum absolute atomic E-state index is 3.87. The summed E-state index contributed by atoms with van der Waals surface area (Å²) < 4.78 is 0.